The van der Waals surface area contributed by atoms with Crippen LogP contribution in [0.1, 0.15) is 56.1 Å². The molecule has 10 heteroatoms. The molecule has 1 aliphatic rings. The number of aryl methyl sites for hydroxylation is 1. The zero-order chi connectivity index (χ0) is 24.6. The van der Waals surface area contributed by atoms with Gasteiger partial charge in [-0.3, -0.25) is 9.48 Å². The summed E-state index contributed by atoms with van der Waals surface area (Å²) in [4.78, 5) is 27.7. The molecule has 0 saturated carbocycles. The molecule has 0 radical (unpaired) electrons. The SMILES string of the molecule is Cc1nc(NCc2cnn(Cc3ccc(F)nc3C(C)C)c2)nc2c1NC(=O)[C@H](C(C)C)N2C. The van der Waals surface area contributed by atoms with Crippen LogP contribution in [0.25, 0.3) is 0 Å². The highest BCUT2D eigenvalue weighted by atomic mass is 19.1. The molecule has 3 aromatic heterocycles. The van der Waals surface area contributed by atoms with E-state index in [1.807, 2.05) is 57.4 Å². The van der Waals surface area contributed by atoms with E-state index in [0.717, 1.165) is 16.8 Å². The molecule has 1 amide bonds. The first-order valence-corrected chi connectivity index (χ1v) is 11.5. The highest BCUT2D eigenvalue weighted by Crippen LogP contribution is 2.34. The van der Waals surface area contributed by atoms with Crippen molar-refractivity contribution in [3.63, 3.8) is 0 Å². The minimum atomic E-state index is -0.469. The molecule has 2 N–H and O–H groups in total. The average molecular weight is 467 g/mol. The predicted octanol–water partition coefficient (Wildman–Crippen LogP) is 3.71. The molecule has 1 aliphatic heterocycles. The van der Waals surface area contributed by atoms with Crippen molar-refractivity contribution in [3.8, 4) is 0 Å². The number of fused-ring (bicyclic) bond motifs is 1. The van der Waals surface area contributed by atoms with Gasteiger partial charge in [-0.05, 0) is 30.4 Å². The highest BCUT2D eigenvalue weighted by Gasteiger charge is 2.35. The fourth-order valence-corrected chi connectivity index (χ4v) is 4.35. The lowest BCUT2D eigenvalue weighted by Gasteiger charge is -2.36. The molecule has 0 fully saturated rings. The number of nitrogens with zero attached hydrogens (tertiary/aromatic N) is 6. The largest absolute Gasteiger partial charge is 0.350 e. The summed E-state index contributed by atoms with van der Waals surface area (Å²) in [7, 11) is 1.89. The molecule has 0 saturated heterocycles. The summed E-state index contributed by atoms with van der Waals surface area (Å²) < 4.78 is 15.4. The molecule has 180 valence electrons. The molecule has 0 aromatic carbocycles. The van der Waals surface area contributed by atoms with Crippen LogP contribution < -0.4 is 15.5 Å². The first-order valence-electron chi connectivity index (χ1n) is 11.5. The summed E-state index contributed by atoms with van der Waals surface area (Å²) in [6.45, 7) is 10.9. The molecule has 1 atom stereocenters. The summed E-state index contributed by atoms with van der Waals surface area (Å²) in [5.74, 6) is 0.937. The van der Waals surface area contributed by atoms with Crippen molar-refractivity contribution in [1.82, 2.24) is 24.7 Å². The van der Waals surface area contributed by atoms with Gasteiger partial charge in [-0.1, -0.05) is 33.8 Å². The maximum absolute atomic E-state index is 13.6. The normalized spacial score (nSPS) is 15.6. The Kier molecular flexibility index (Phi) is 6.49. The van der Waals surface area contributed by atoms with E-state index < -0.39 is 5.95 Å². The van der Waals surface area contributed by atoms with Gasteiger partial charge in [-0.25, -0.2) is 9.97 Å². The summed E-state index contributed by atoms with van der Waals surface area (Å²) in [6.07, 6.45) is 3.72. The maximum Gasteiger partial charge on any atom is 0.247 e. The fraction of sp³-hybridized carbons (Fsp3) is 0.458. The number of pyridine rings is 1. The van der Waals surface area contributed by atoms with E-state index in [-0.39, 0.29) is 23.8 Å². The molecule has 4 rings (SSSR count). The third-order valence-corrected chi connectivity index (χ3v) is 5.97. The quantitative estimate of drug-likeness (QED) is 0.512. The van der Waals surface area contributed by atoms with Gasteiger partial charge in [-0.15, -0.1) is 0 Å². The van der Waals surface area contributed by atoms with Gasteiger partial charge in [0.1, 0.15) is 11.7 Å². The van der Waals surface area contributed by atoms with Crippen molar-refractivity contribution in [2.45, 2.75) is 59.7 Å². The third kappa shape index (κ3) is 4.71. The topological polar surface area (TPSA) is 101 Å². The predicted molar refractivity (Wildman–Crippen MR) is 129 cm³/mol. The van der Waals surface area contributed by atoms with Crippen LogP contribution in [-0.4, -0.2) is 43.7 Å². The fourth-order valence-electron chi connectivity index (χ4n) is 4.35. The number of amides is 1. The molecular formula is C24H31FN8O. The maximum atomic E-state index is 13.6. The molecule has 0 bridgehead atoms. The van der Waals surface area contributed by atoms with Crippen molar-refractivity contribution in [1.29, 1.82) is 0 Å². The van der Waals surface area contributed by atoms with Gasteiger partial charge in [0.05, 0.1) is 24.1 Å². The molecule has 4 heterocycles. The van der Waals surface area contributed by atoms with Crippen LogP contribution in [0.4, 0.5) is 21.8 Å². The number of likely N-dealkylation sites (N-methyl/N-ethyl adjacent to an activating group) is 1. The van der Waals surface area contributed by atoms with E-state index in [0.29, 0.717) is 36.2 Å². The number of halogens is 1. The first kappa shape index (κ1) is 23.6. The Bertz CT molecular complexity index is 1210. The number of hydrogen-bond donors (Lipinski definition) is 2. The van der Waals surface area contributed by atoms with Gasteiger partial charge in [0, 0.05) is 25.4 Å². The van der Waals surface area contributed by atoms with Gasteiger partial charge < -0.3 is 15.5 Å². The monoisotopic (exact) mass is 466 g/mol. The molecule has 0 spiro atoms. The van der Waals surface area contributed by atoms with Crippen molar-refractivity contribution in [2.24, 2.45) is 5.92 Å². The minimum absolute atomic E-state index is 0.0400. The van der Waals surface area contributed by atoms with Gasteiger partial charge in [0.25, 0.3) is 0 Å². The van der Waals surface area contributed by atoms with E-state index in [9.17, 15) is 9.18 Å². The summed E-state index contributed by atoms with van der Waals surface area (Å²) in [5, 5.41) is 10.7. The van der Waals surface area contributed by atoms with Crippen LogP contribution in [0, 0.1) is 18.8 Å². The van der Waals surface area contributed by atoms with Gasteiger partial charge in [-0.2, -0.15) is 14.5 Å². The summed E-state index contributed by atoms with van der Waals surface area (Å²) >= 11 is 0. The van der Waals surface area contributed by atoms with E-state index in [1.54, 1.807) is 12.3 Å². The van der Waals surface area contributed by atoms with E-state index in [2.05, 4.69) is 30.7 Å². The lowest BCUT2D eigenvalue weighted by molar-refractivity contribution is -0.118. The van der Waals surface area contributed by atoms with Crippen LogP contribution >= 0.6 is 0 Å². The molecule has 9 nitrogen and oxygen atoms in total. The molecule has 34 heavy (non-hydrogen) atoms. The Morgan fingerprint density at radius 1 is 1.18 bits per heavy atom. The zero-order valence-corrected chi connectivity index (χ0v) is 20.4. The number of carbonyl (C=O) groups is 1. The summed E-state index contributed by atoms with van der Waals surface area (Å²) in [6, 6.07) is 2.86. The number of nitrogens with one attached hydrogen (secondary N) is 2. The van der Waals surface area contributed by atoms with Crippen LogP contribution in [0.2, 0.25) is 0 Å². The third-order valence-electron chi connectivity index (χ3n) is 5.97. The zero-order valence-electron chi connectivity index (χ0n) is 20.4. The van der Waals surface area contributed by atoms with Crippen molar-refractivity contribution in [2.75, 3.05) is 22.6 Å². The number of anilines is 3. The van der Waals surface area contributed by atoms with E-state index in [4.69, 9.17) is 0 Å². The van der Waals surface area contributed by atoms with Crippen LogP contribution in [0.3, 0.4) is 0 Å². The molecule has 3 aromatic rings. The minimum Gasteiger partial charge on any atom is -0.350 e. The van der Waals surface area contributed by atoms with Gasteiger partial charge in [0.2, 0.25) is 17.8 Å². The number of rotatable bonds is 7. The Balaban J connectivity index is 1.48. The molecule has 0 aliphatic carbocycles. The van der Waals surface area contributed by atoms with E-state index >= 15 is 0 Å². The lowest BCUT2D eigenvalue weighted by atomic mass is 9.99. The second-order valence-corrected chi connectivity index (χ2v) is 9.35. The Morgan fingerprint density at radius 2 is 1.94 bits per heavy atom. The second kappa shape index (κ2) is 9.36. The van der Waals surface area contributed by atoms with Crippen LogP contribution in [0.15, 0.2) is 24.5 Å². The lowest BCUT2D eigenvalue weighted by Crippen LogP contribution is -2.49. The van der Waals surface area contributed by atoms with Crippen molar-refractivity contribution < 1.29 is 9.18 Å². The first-order chi connectivity index (χ1) is 16.1. The number of hydrogen-bond acceptors (Lipinski definition) is 7. The molecular weight excluding hydrogens is 435 g/mol. The second-order valence-electron chi connectivity index (χ2n) is 9.35. The summed E-state index contributed by atoms with van der Waals surface area (Å²) in [5.41, 5.74) is 4.00. The van der Waals surface area contributed by atoms with Crippen molar-refractivity contribution >= 4 is 23.4 Å². The van der Waals surface area contributed by atoms with Crippen molar-refractivity contribution in [3.05, 3.63) is 53.0 Å². The van der Waals surface area contributed by atoms with Crippen LogP contribution in [0.5, 0.6) is 0 Å². The molecule has 0 unspecified atom stereocenters. The van der Waals surface area contributed by atoms with Gasteiger partial charge in [0.15, 0.2) is 5.82 Å². The Hall–Kier alpha value is -3.56. The van der Waals surface area contributed by atoms with Gasteiger partial charge >= 0.3 is 0 Å². The standard InChI is InChI=1S/C24H31FN8O/c1-13(2)19-17(7-8-18(25)29-19)12-33-11-16(10-27-33)9-26-24-28-15(5)20-22(31-24)32(6)21(14(3)4)23(34)30-20/h7-8,10-11,13-14,21H,9,12H2,1-6H3,(H,30,34)(H,26,28,31)/t21-/m0/s1. The average Bonchev–Trinajstić information content (AvgIpc) is 3.21. The number of aromatic nitrogens is 5. The van der Waals surface area contributed by atoms with E-state index in [1.165, 1.54) is 6.07 Å². The highest BCUT2D eigenvalue weighted by molar-refractivity contribution is 6.03. The Morgan fingerprint density at radius 3 is 2.65 bits per heavy atom. The number of carbonyl (C=O) groups excluding carboxylic acids is 1. The van der Waals surface area contributed by atoms with Crippen LogP contribution in [-0.2, 0) is 17.9 Å². The Labute approximate surface area is 198 Å². The smallest absolute Gasteiger partial charge is 0.247 e.